The fourth-order valence-corrected chi connectivity index (χ4v) is 7.94. The Labute approximate surface area is 285 Å². The molecule has 3 aliphatic heterocycles. The van der Waals surface area contributed by atoms with Crippen LogP contribution in [0.2, 0.25) is 0 Å². The molecule has 0 spiro atoms. The van der Waals surface area contributed by atoms with Crippen LogP contribution in [0, 0.1) is 18.6 Å². The van der Waals surface area contributed by atoms with E-state index in [9.17, 15) is 5.11 Å². The molecule has 2 saturated heterocycles. The van der Waals surface area contributed by atoms with Crippen LogP contribution in [0.15, 0.2) is 42.8 Å². The quantitative estimate of drug-likeness (QED) is 0.178. The van der Waals surface area contributed by atoms with Crippen LogP contribution in [-0.4, -0.2) is 73.6 Å². The maximum Gasteiger partial charge on any atom is 0.319 e. The first-order valence-corrected chi connectivity index (χ1v) is 17.3. The van der Waals surface area contributed by atoms with Crippen molar-refractivity contribution in [3.8, 4) is 6.01 Å². The number of benzene rings is 1. The van der Waals surface area contributed by atoms with Gasteiger partial charge in [0.15, 0.2) is 5.82 Å². The van der Waals surface area contributed by atoms with E-state index in [2.05, 4.69) is 31.8 Å². The third kappa shape index (κ3) is 6.11. The summed E-state index contributed by atoms with van der Waals surface area (Å²) in [7, 11) is 1.84. The van der Waals surface area contributed by atoms with Crippen molar-refractivity contribution in [1.82, 2.24) is 29.6 Å². The molecular formula is C37H44F2N8O2. The smallest absolute Gasteiger partial charge is 0.319 e. The number of nitrogens with zero attached hydrogens (tertiary/aromatic N) is 7. The van der Waals surface area contributed by atoms with Crippen molar-refractivity contribution in [3.05, 3.63) is 82.5 Å². The van der Waals surface area contributed by atoms with Crippen molar-refractivity contribution in [2.45, 2.75) is 77.4 Å². The molecule has 3 aromatic heterocycles. The summed E-state index contributed by atoms with van der Waals surface area (Å²) in [5.41, 5.74) is 3.17. The molecule has 49 heavy (non-hydrogen) atoms. The lowest BCUT2D eigenvalue weighted by Crippen LogP contribution is -2.43. The molecule has 4 aromatic rings. The number of halogens is 2. The van der Waals surface area contributed by atoms with Crippen LogP contribution in [0.1, 0.15) is 73.5 Å². The summed E-state index contributed by atoms with van der Waals surface area (Å²) in [6.07, 6.45) is 8.86. The van der Waals surface area contributed by atoms with E-state index < -0.39 is 5.82 Å². The normalized spacial score (nSPS) is 17.7. The molecular weight excluding hydrogens is 626 g/mol. The molecule has 7 rings (SSSR count). The third-order valence-electron chi connectivity index (χ3n) is 10.4. The number of aryl methyl sites for hydroxylation is 2. The van der Waals surface area contributed by atoms with Gasteiger partial charge in [-0.05, 0) is 81.3 Å². The topological polar surface area (TPSA) is 104 Å². The number of aliphatic hydroxyl groups is 1. The third-order valence-corrected chi connectivity index (χ3v) is 10.4. The highest BCUT2D eigenvalue weighted by Crippen LogP contribution is 2.40. The van der Waals surface area contributed by atoms with Gasteiger partial charge in [0, 0.05) is 44.4 Å². The molecule has 0 aliphatic carbocycles. The van der Waals surface area contributed by atoms with Crippen molar-refractivity contribution >= 4 is 28.1 Å². The molecule has 6 heterocycles. The maximum absolute atomic E-state index is 17.2. The minimum Gasteiger partial charge on any atom is -0.513 e. The number of allylic oxidation sites excluding steroid dienone is 1. The number of aromatic nitrogens is 5. The minimum atomic E-state index is -0.662. The molecule has 0 radical (unpaired) electrons. The average Bonchev–Trinajstić information content (AvgIpc) is 3.76. The number of fused-ring (bicyclic) bond motifs is 3. The molecule has 12 heteroatoms. The van der Waals surface area contributed by atoms with E-state index in [1.165, 1.54) is 6.07 Å². The number of anilines is 2. The summed E-state index contributed by atoms with van der Waals surface area (Å²) in [4.78, 5) is 18.9. The van der Waals surface area contributed by atoms with Gasteiger partial charge in [-0.3, -0.25) is 14.6 Å². The second-order valence-electron chi connectivity index (χ2n) is 13.4. The molecule has 258 valence electrons. The van der Waals surface area contributed by atoms with Crippen LogP contribution < -0.4 is 15.0 Å². The average molecular weight is 671 g/mol. The van der Waals surface area contributed by atoms with Gasteiger partial charge in [0.1, 0.15) is 35.3 Å². The molecule has 2 fully saturated rings. The van der Waals surface area contributed by atoms with Gasteiger partial charge >= 0.3 is 6.01 Å². The van der Waals surface area contributed by atoms with E-state index in [1.807, 2.05) is 31.6 Å². The molecule has 0 amide bonds. The fourth-order valence-electron chi connectivity index (χ4n) is 7.94. The highest BCUT2D eigenvalue weighted by molar-refractivity contribution is 5.93. The molecule has 1 aromatic carbocycles. The highest BCUT2D eigenvalue weighted by atomic mass is 19.1. The zero-order valence-electron chi connectivity index (χ0n) is 28.5. The van der Waals surface area contributed by atoms with E-state index in [0.29, 0.717) is 54.0 Å². The lowest BCUT2D eigenvalue weighted by atomic mass is 9.90. The van der Waals surface area contributed by atoms with Crippen LogP contribution >= 0.6 is 0 Å². The zero-order valence-corrected chi connectivity index (χ0v) is 28.5. The van der Waals surface area contributed by atoms with Crippen molar-refractivity contribution in [2.75, 3.05) is 43.5 Å². The maximum atomic E-state index is 17.2. The molecule has 0 bridgehead atoms. The number of ether oxygens (including phenoxy) is 1. The Kier molecular flexibility index (Phi) is 8.99. The standard InChI is InChI=1S/C37H44F2N8O2/c1-5-26-29(38)12-9-23(2)31(26)27(11-10-24(3)48)33-32(39)34-28(20-41-33)35(45-15-8-18-47-25(21-45)19-30(40-4)44-47)43-36(42-34)49-22-37-13-6-16-46(37)17-7-14-37/h9,11-12,19-20,48H,3,5-8,10,13-18,21-22H2,1-2,4H3,(H,40,44)/b27-11+. The first-order valence-electron chi connectivity index (χ1n) is 17.3. The van der Waals surface area contributed by atoms with E-state index >= 15 is 8.78 Å². The molecule has 0 atom stereocenters. The van der Waals surface area contributed by atoms with Crippen molar-refractivity contribution in [3.63, 3.8) is 0 Å². The predicted octanol–water partition coefficient (Wildman–Crippen LogP) is 6.72. The Hall–Kier alpha value is -4.58. The predicted molar refractivity (Wildman–Crippen MR) is 187 cm³/mol. The van der Waals surface area contributed by atoms with Crippen molar-refractivity contribution < 1.29 is 18.6 Å². The van der Waals surface area contributed by atoms with Gasteiger partial charge in [-0.1, -0.05) is 25.6 Å². The van der Waals surface area contributed by atoms with Gasteiger partial charge in [-0.25, -0.2) is 8.78 Å². The number of nitrogens with one attached hydrogen (secondary N) is 1. The summed E-state index contributed by atoms with van der Waals surface area (Å²) < 4.78 is 40.8. The van der Waals surface area contributed by atoms with Crippen LogP contribution in [-0.2, 0) is 19.5 Å². The summed E-state index contributed by atoms with van der Waals surface area (Å²) in [6, 6.07) is 5.23. The lowest BCUT2D eigenvalue weighted by Gasteiger charge is -2.31. The van der Waals surface area contributed by atoms with Crippen molar-refractivity contribution in [2.24, 2.45) is 0 Å². The Morgan fingerprint density at radius 3 is 2.65 bits per heavy atom. The van der Waals surface area contributed by atoms with Crippen LogP contribution in [0.5, 0.6) is 6.01 Å². The zero-order chi connectivity index (χ0) is 34.3. The van der Waals surface area contributed by atoms with Gasteiger partial charge < -0.3 is 20.1 Å². The SMILES string of the molecule is C=C(O)C/C=C(/c1ncc2c(N3CCCn4nc(NC)cc4C3)nc(OCC34CCCN3CCC4)nc2c1F)c1c(C)ccc(F)c1CC. The van der Waals surface area contributed by atoms with E-state index in [1.54, 1.807) is 18.3 Å². The summed E-state index contributed by atoms with van der Waals surface area (Å²) in [6.45, 7) is 11.8. The van der Waals surface area contributed by atoms with Crippen LogP contribution in [0.4, 0.5) is 20.4 Å². The second kappa shape index (κ2) is 13.4. The summed E-state index contributed by atoms with van der Waals surface area (Å²) in [5.74, 6) is 0.181. The molecule has 10 nitrogen and oxygen atoms in total. The number of aliphatic hydroxyl groups excluding tert-OH is 1. The second-order valence-corrected chi connectivity index (χ2v) is 13.4. The minimum absolute atomic E-state index is 0.0108. The summed E-state index contributed by atoms with van der Waals surface area (Å²) in [5, 5.41) is 18.3. The van der Waals surface area contributed by atoms with E-state index in [-0.39, 0.29) is 40.8 Å². The molecule has 0 unspecified atom stereocenters. The van der Waals surface area contributed by atoms with Gasteiger partial charge in [-0.2, -0.15) is 15.1 Å². The van der Waals surface area contributed by atoms with E-state index in [0.717, 1.165) is 68.8 Å². The Bertz CT molecular complexity index is 1930. The first-order chi connectivity index (χ1) is 23.7. The highest BCUT2D eigenvalue weighted by Gasteiger charge is 2.45. The van der Waals surface area contributed by atoms with E-state index in [4.69, 9.17) is 14.7 Å². The van der Waals surface area contributed by atoms with Gasteiger partial charge in [0.25, 0.3) is 0 Å². The molecule has 2 N–H and O–H groups in total. The van der Waals surface area contributed by atoms with Gasteiger partial charge in [0.2, 0.25) is 0 Å². The lowest BCUT2D eigenvalue weighted by molar-refractivity contribution is 0.108. The van der Waals surface area contributed by atoms with Crippen LogP contribution in [0.25, 0.3) is 16.5 Å². The summed E-state index contributed by atoms with van der Waals surface area (Å²) >= 11 is 0. The number of pyridine rings is 1. The Balaban J connectivity index is 1.37. The fraction of sp³-hybridized carbons (Fsp3) is 0.459. The number of rotatable bonds is 10. The Morgan fingerprint density at radius 1 is 1.12 bits per heavy atom. The Morgan fingerprint density at radius 2 is 1.92 bits per heavy atom. The first kappa shape index (κ1) is 32.9. The van der Waals surface area contributed by atoms with Gasteiger partial charge in [0.05, 0.1) is 28.9 Å². The largest absolute Gasteiger partial charge is 0.513 e. The number of hydrogen-bond donors (Lipinski definition) is 2. The molecule has 3 aliphatic rings. The van der Waals surface area contributed by atoms with Gasteiger partial charge in [-0.15, -0.1) is 0 Å². The monoisotopic (exact) mass is 670 g/mol. The molecule has 0 saturated carbocycles. The number of hydrogen-bond acceptors (Lipinski definition) is 9. The van der Waals surface area contributed by atoms with Crippen molar-refractivity contribution in [1.29, 1.82) is 0 Å². The van der Waals surface area contributed by atoms with Crippen LogP contribution in [0.3, 0.4) is 0 Å².